The third-order valence-corrected chi connectivity index (χ3v) is 5.68. The van der Waals surface area contributed by atoms with Crippen LogP contribution < -0.4 is 21.3 Å². The van der Waals surface area contributed by atoms with Crippen molar-refractivity contribution in [2.24, 2.45) is 4.99 Å². The van der Waals surface area contributed by atoms with Crippen molar-refractivity contribution in [2.45, 2.75) is 75.5 Å². The number of nitrogens with one attached hydrogen (secondary N) is 4. The van der Waals surface area contributed by atoms with Crippen molar-refractivity contribution in [2.75, 3.05) is 26.2 Å². The van der Waals surface area contributed by atoms with Crippen LogP contribution in [-0.2, 0) is 0 Å². The Balaban J connectivity index is 1.59. The van der Waals surface area contributed by atoms with Gasteiger partial charge < -0.3 is 21.3 Å². The first-order valence-electron chi connectivity index (χ1n) is 10.1. The number of fused-ring (bicyclic) bond motifs is 2. The van der Waals surface area contributed by atoms with E-state index in [4.69, 9.17) is 4.99 Å². The van der Waals surface area contributed by atoms with Gasteiger partial charge in [-0.15, -0.1) is 0 Å². The summed E-state index contributed by atoms with van der Waals surface area (Å²) in [5.41, 5.74) is 0. The van der Waals surface area contributed by atoms with E-state index in [1.54, 1.807) is 0 Å². The predicted octanol–water partition coefficient (Wildman–Crippen LogP) is 1.57. The Morgan fingerprint density at radius 2 is 1.38 bits per heavy atom. The minimum Gasteiger partial charge on any atom is -0.387 e. The van der Waals surface area contributed by atoms with Gasteiger partial charge in [0.1, 0.15) is 0 Å². The van der Waals surface area contributed by atoms with Gasteiger partial charge in [-0.2, -0.15) is 0 Å². The Kier molecular flexibility index (Phi) is 7.58. The van der Waals surface area contributed by atoms with E-state index in [0.717, 1.165) is 26.2 Å². The van der Waals surface area contributed by atoms with Crippen LogP contribution in [0.25, 0.3) is 0 Å². The van der Waals surface area contributed by atoms with Crippen LogP contribution in [0.3, 0.4) is 0 Å². The fourth-order valence-electron chi connectivity index (χ4n) is 4.30. The van der Waals surface area contributed by atoms with Crippen molar-refractivity contribution in [3.05, 3.63) is 12.3 Å². The van der Waals surface area contributed by atoms with Crippen LogP contribution in [0.1, 0.15) is 51.4 Å². The highest BCUT2D eigenvalue weighted by Crippen LogP contribution is 2.21. The molecule has 0 bridgehead atoms. The molecule has 4 N–H and O–H groups in total. The highest BCUT2D eigenvalue weighted by molar-refractivity contribution is 5.71. The second kappa shape index (κ2) is 10.2. The Morgan fingerprint density at radius 1 is 0.708 bits per heavy atom. The Morgan fingerprint density at radius 3 is 2.21 bits per heavy atom. The number of allylic oxidation sites excluding steroid dienone is 1. The summed E-state index contributed by atoms with van der Waals surface area (Å²) < 4.78 is 0. The molecule has 0 aromatic rings. The van der Waals surface area contributed by atoms with Crippen molar-refractivity contribution >= 4 is 6.21 Å². The fourth-order valence-corrected chi connectivity index (χ4v) is 4.30. The van der Waals surface area contributed by atoms with Gasteiger partial charge in [0.15, 0.2) is 0 Å². The van der Waals surface area contributed by atoms with E-state index in [9.17, 15) is 0 Å². The van der Waals surface area contributed by atoms with Gasteiger partial charge in [0.2, 0.25) is 0 Å². The molecule has 0 aromatic carbocycles. The van der Waals surface area contributed by atoms with Gasteiger partial charge in [-0.3, -0.25) is 4.99 Å². The van der Waals surface area contributed by atoms with Crippen LogP contribution in [0.5, 0.6) is 0 Å². The van der Waals surface area contributed by atoms with Gasteiger partial charge in [-0.05, 0) is 38.0 Å². The molecule has 0 aromatic heterocycles. The highest BCUT2D eigenvalue weighted by atomic mass is 15.0. The minimum absolute atomic E-state index is 0.445. The maximum atomic E-state index is 4.83. The number of rotatable bonds is 0. The summed E-state index contributed by atoms with van der Waals surface area (Å²) in [6.45, 7) is 4.19. The molecule has 0 radical (unpaired) electrons. The third-order valence-electron chi connectivity index (χ3n) is 5.68. The van der Waals surface area contributed by atoms with Gasteiger partial charge in [-0.25, -0.2) is 0 Å². The van der Waals surface area contributed by atoms with Gasteiger partial charge in [-0.1, -0.05) is 25.7 Å². The molecule has 4 atom stereocenters. The molecule has 3 rings (SSSR count). The number of aliphatic imine (C=N–C) groups is 1. The van der Waals surface area contributed by atoms with E-state index in [1.165, 1.54) is 51.4 Å². The van der Waals surface area contributed by atoms with Crippen molar-refractivity contribution in [1.29, 1.82) is 0 Å². The molecule has 3 aliphatic rings. The first-order chi connectivity index (χ1) is 11.9. The standard InChI is InChI=1S/C19H35N5/c1-3-8-18-16(6-1)21-10-5-11-22-17-7-2-4-9-19(17)24-15-13-20-12-14-23-18/h5,10-11,16-21,23-24H,1-4,6-9,12-15H2/t16-,17-,18-,19-/m1/s1. The molecular weight excluding hydrogens is 298 g/mol. The number of hydrogen-bond donors (Lipinski definition) is 4. The quantitative estimate of drug-likeness (QED) is 0.543. The summed E-state index contributed by atoms with van der Waals surface area (Å²) in [6.07, 6.45) is 16.6. The molecule has 2 fully saturated rings. The van der Waals surface area contributed by atoms with Crippen LogP contribution in [0.15, 0.2) is 17.3 Å². The zero-order valence-electron chi connectivity index (χ0n) is 15.0. The largest absolute Gasteiger partial charge is 0.387 e. The molecule has 0 amide bonds. The van der Waals surface area contributed by atoms with Crippen LogP contribution in [0.4, 0.5) is 0 Å². The van der Waals surface area contributed by atoms with E-state index >= 15 is 0 Å². The molecule has 2 aliphatic carbocycles. The van der Waals surface area contributed by atoms with Gasteiger partial charge in [0.05, 0.1) is 6.04 Å². The maximum Gasteiger partial charge on any atom is 0.0652 e. The topological polar surface area (TPSA) is 60.5 Å². The first-order valence-corrected chi connectivity index (χ1v) is 10.1. The molecule has 136 valence electrons. The maximum absolute atomic E-state index is 4.83. The molecule has 24 heavy (non-hydrogen) atoms. The first kappa shape index (κ1) is 17.9. The molecule has 1 heterocycles. The van der Waals surface area contributed by atoms with E-state index < -0.39 is 0 Å². The van der Waals surface area contributed by atoms with Crippen molar-refractivity contribution in [3.63, 3.8) is 0 Å². The van der Waals surface area contributed by atoms with E-state index in [2.05, 4.69) is 33.5 Å². The Labute approximate surface area is 147 Å². The lowest BCUT2D eigenvalue weighted by molar-refractivity contribution is 0.301. The highest BCUT2D eigenvalue weighted by Gasteiger charge is 2.24. The lowest BCUT2D eigenvalue weighted by Gasteiger charge is -2.33. The molecule has 5 heteroatoms. The lowest BCUT2D eigenvalue weighted by Crippen LogP contribution is -2.50. The minimum atomic E-state index is 0.445. The van der Waals surface area contributed by atoms with E-state index in [1.807, 2.05) is 6.21 Å². The lowest BCUT2D eigenvalue weighted by atomic mass is 9.90. The summed E-state index contributed by atoms with van der Waals surface area (Å²) in [5, 5.41) is 14.6. The molecule has 0 spiro atoms. The van der Waals surface area contributed by atoms with Crippen LogP contribution >= 0.6 is 0 Å². The molecule has 5 nitrogen and oxygen atoms in total. The van der Waals surface area contributed by atoms with Crippen LogP contribution in [-0.4, -0.2) is 56.6 Å². The smallest absolute Gasteiger partial charge is 0.0652 e. The summed E-state index contributed by atoms with van der Waals surface area (Å²) in [4.78, 5) is 4.83. The van der Waals surface area contributed by atoms with Gasteiger partial charge in [0, 0.05) is 50.5 Å². The zero-order valence-corrected chi connectivity index (χ0v) is 15.0. The Hall–Kier alpha value is -0.910. The monoisotopic (exact) mass is 333 g/mol. The van der Waals surface area contributed by atoms with Crippen molar-refractivity contribution in [1.82, 2.24) is 21.3 Å². The van der Waals surface area contributed by atoms with E-state index in [0.29, 0.717) is 24.2 Å². The normalized spacial score (nSPS) is 36.3. The zero-order chi connectivity index (χ0) is 16.5. The molecule has 2 saturated carbocycles. The predicted molar refractivity (Wildman–Crippen MR) is 102 cm³/mol. The summed E-state index contributed by atoms with van der Waals surface area (Å²) >= 11 is 0. The third kappa shape index (κ3) is 5.57. The number of nitrogens with zero attached hydrogens (tertiary/aromatic N) is 1. The van der Waals surface area contributed by atoms with E-state index in [-0.39, 0.29) is 0 Å². The SMILES string of the molecule is C1=CN[C@@H]2CCCC[C@H]2NCCNCCN[C@@H]2CCCC[C@H]2N=C1. The molecule has 1 aliphatic heterocycles. The average Bonchev–Trinajstić information content (AvgIpc) is 2.62. The number of hydrogen-bond acceptors (Lipinski definition) is 5. The summed E-state index contributed by atoms with van der Waals surface area (Å²) in [7, 11) is 0. The second-order valence-corrected chi connectivity index (χ2v) is 7.44. The fraction of sp³-hybridized carbons (Fsp3) is 0.842. The van der Waals surface area contributed by atoms with Crippen molar-refractivity contribution < 1.29 is 0 Å². The van der Waals surface area contributed by atoms with Crippen LogP contribution in [0.2, 0.25) is 0 Å². The molecular formula is C19H35N5. The van der Waals surface area contributed by atoms with Gasteiger partial charge >= 0.3 is 0 Å². The summed E-state index contributed by atoms with van der Waals surface area (Å²) in [6, 6.07) is 2.14. The summed E-state index contributed by atoms with van der Waals surface area (Å²) in [5.74, 6) is 0. The molecule has 0 unspecified atom stereocenters. The molecule has 0 saturated heterocycles. The Bertz CT molecular complexity index is 409. The van der Waals surface area contributed by atoms with Crippen molar-refractivity contribution in [3.8, 4) is 0 Å². The second-order valence-electron chi connectivity index (χ2n) is 7.44. The van der Waals surface area contributed by atoms with Crippen LogP contribution in [0, 0.1) is 0 Å². The average molecular weight is 334 g/mol. The van der Waals surface area contributed by atoms with Gasteiger partial charge in [0.25, 0.3) is 0 Å².